The van der Waals surface area contributed by atoms with Crippen molar-refractivity contribution in [3.05, 3.63) is 51.1 Å². The minimum absolute atomic E-state index is 0.525. The van der Waals surface area contributed by atoms with Gasteiger partial charge in [0.25, 0.3) is 0 Å². The molecule has 4 heteroatoms. The molecule has 2 aromatic rings. The van der Waals surface area contributed by atoms with Crippen LogP contribution in [-0.4, -0.2) is 18.8 Å². The van der Waals surface area contributed by atoms with Crippen LogP contribution in [-0.2, 0) is 6.42 Å². The Morgan fingerprint density at radius 2 is 2.06 bits per heavy atom. The molecule has 1 nitrogen and oxygen atoms in total. The lowest BCUT2D eigenvalue weighted by molar-refractivity contribution is 0.622. The highest BCUT2D eigenvalue weighted by atomic mass is 79.9. The van der Waals surface area contributed by atoms with E-state index < -0.39 is 0 Å². The molecule has 0 aliphatic rings. The molecule has 0 bridgehead atoms. The van der Waals surface area contributed by atoms with Crippen LogP contribution in [0.25, 0.3) is 0 Å². The third-order valence-corrected chi connectivity index (χ3v) is 5.30. The minimum Gasteiger partial charge on any atom is -0.316 e. The van der Waals surface area contributed by atoms with Crippen molar-refractivity contribution in [2.75, 3.05) is 12.8 Å². The second-order valence-electron chi connectivity index (χ2n) is 4.03. The molecule has 0 spiro atoms. The topological polar surface area (TPSA) is 12.0 Å². The van der Waals surface area contributed by atoms with Gasteiger partial charge in [0.05, 0.1) is 0 Å². The first-order chi connectivity index (χ1) is 8.78. The molecule has 1 N–H and O–H groups in total. The van der Waals surface area contributed by atoms with Crippen molar-refractivity contribution in [2.24, 2.45) is 0 Å². The van der Waals surface area contributed by atoms with E-state index in [9.17, 15) is 0 Å². The molecule has 0 saturated heterocycles. The Bertz CT molecular complexity index is 453. The van der Waals surface area contributed by atoms with Crippen molar-refractivity contribution in [1.82, 2.24) is 5.32 Å². The Labute approximate surface area is 125 Å². The summed E-state index contributed by atoms with van der Waals surface area (Å²) >= 11 is 7.20. The van der Waals surface area contributed by atoms with Crippen molar-refractivity contribution in [1.29, 1.82) is 0 Å². The predicted octanol–water partition coefficient (Wildman–Crippen LogP) is 4.43. The summed E-state index contributed by atoms with van der Waals surface area (Å²) in [6, 6.07) is 13.4. The average Bonchev–Trinajstić information content (AvgIpc) is 2.89. The summed E-state index contributed by atoms with van der Waals surface area (Å²) in [5, 5.41) is 5.54. The summed E-state index contributed by atoms with van der Waals surface area (Å²) < 4.78 is 1.13. The van der Waals surface area contributed by atoms with E-state index in [0.717, 1.165) is 16.6 Å². The van der Waals surface area contributed by atoms with Gasteiger partial charge in [0.15, 0.2) is 0 Å². The van der Waals surface area contributed by atoms with Gasteiger partial charge < -0.3 is 5.32 Å². The monoisotopic (exact) mass is 341 g/mol. The summed E-state index contributed by atoms with van der Waals surface area (Å²) in [6.45, 7) is 0. The van der Waals surface area contributed by atoms with E-state index in [-0.39, 0.29) is 0 Å². The number of rotatable bonds is 6. The van der Waals surface area contributed by atoms with E-state index in [1.807, 2.05) is 30.1 Å². The van der Waals surface area contributed by atoms with Crippen molar-refractivity contribution >= 4 is 39.0 Å². The van der Waals surface area contributed by atoms with Crippen LogP contribution in [0.1, 0.15) is 4.88 Å². The molecule has 0 radical (unpaired) electrons. The number of nitrogens with one attached hydrogen (secondary N) is 1. The highest BCUT2D eigenvalue weighted by Gasteiger charge is 2.08. The third-order valence-electron chi connectivity index (χ3n) is 2.70. The second kappa shape index (κ2) is 7.34. The van der Waals surface area contributed by atoms with Gasteiger partial charge in [-0.2, -0.15) is 0 Å². The fourth-order valence-electron chi connectivity index (χ4n) is 1.64. The van der Waals surface area contributed by atoms with Crippen molar-refractivity contribution in [2.45, 2.75) is 17.4 Å². The number of hydrogen-bond donors (Lipinski definition) is 1. The SMILES string of the molecule is CNC(CSc1ccc(Br)cc1)Cc1cccs1. The molecule has 0 aliphatic heterocycles. The van der Waals surface area contributed by atoms with Gasteiger partial charge in [-0.3, -0.25) is 0 Å². The summed E-state index contributed by atoms with van der Waals surface area (Å²) in [5.41, 5.74) is 0. The van der Waals surface area contributed by atoms with E-state index >= 15 is 0 Å². The highest BCUT2D eigenvalue weighted by molar-refractivity contribution is 9.10. The Kier molecular flexibility index (Phi) is 5.76. The van der Waals surface area contributed by atoms with Crippen LogP contribution in [0.15, 0.2) is 51.1 Å². The molecule has 96 valence electrons. The lowest BCUT2D eigenvalue weighted by atomic mass is 10.2. The van der Waals surface area contributed by atoms with Gasteiger partial charge in [0.2, 0.25) is 0 Å². The van der Waals surface area contributed by atoms with Crippen LogP contribution in [0.2, 0.25) is 0 Å². The van der Waals surface area contributed by atoms with Crippen LogP contribution in [0.4, 0.5) is 0 Å². The summed E-state index contributed by atoms with van der Waals surface area (Å²) in [7, 11) is 2.04. The molecule has 1 aromatic carbocycles. The standard InChI is InChI=1S/C14H16BrNS2/c1-16-12(9-14-3-2-8-17-14)10-18-13-6-4-11(15)5-7-13/h2-8,12,16H,9-10H2,1H3. The van der Waals surface area contributed by atoms with Gasteiger partial charge in [-0.05, 0) is 49.2 Å². The zero-order chi connectivity index (χ0) is 12.8. The molecule has 0 amide bonds. The van der Waals surface area contributed by atoms with E-state index in [1.165, 1.54) is 9.77 Å². The zero-order valence-electron chi connectivity index (χ0n) is 10.2. The maximum absolute atomic E-state index is 3.46. The van der Waals surface area contributed by atoms with Crippen LogP contribution < -0.4 is 5.32 Å². The van der Waals surface area contributed by atoms with Crippen LogP contribution in [0.5, 0.6) is 0 Å². The molecule has 0 saturated carbocycles. The quantitative estimate of drug-likeness (QED) is 0.780. The molecule has 1 unspecified atom stereocenters. The smallest absolute Gasteiger partial charge is 0.0206 e. The molecular formula is C14H16BrNS2. The minimum atomic E-state index is 0.525. The van der Waals surface area contributed by atoms with E-state index in [2.05, 4.69) is 63.0 Å². The molecule has 1 aromatic heterocycles. The zero-order valence-corrected chi connectivity index (χ0v) is 13.4. The summed E-state index contributed by atoms with van der Waals surface area (Å²) in [5.74, 6) is 1.09. The summed E-state index contributed by atoms with van der Waals surface area (Å²) in [4.78, 5) is 2.77. The van der Waals surface area contributed by atoms with Crippen molar-refractivity contribution < 1.29 is 0 Å². The lowest BCUT2D eigenvalue weighted by Gasteiger charge is -2.14. The molecule has 1 heterocycles. The molecule has 18 heavy (non-hydrogen) atoms. The van der Waals surface area contributed by atoms with Gasteiger partial charge in [0, 0.05) is 26.0 Å². The molecule has 1 atom stereocenters. The van der Waals surface area contributed by atoms with Gasteiger partial charge in [-0.25, -0.2) is 0 Å². The van der Waals surface area contributed by atoms with Gasteiger partial charge in [0.1, 0.15) is 0 Å². The first-order valence-electron chi connectivity index (χ1n) is 5.86. The normalized spacial score (nSPS) is 12.6. The molecular weight excluding hydrogens is 326 g/mol. The fraction of sp³-hybridized carbons (Fsp3) is 0.286. The maximum Gasteiger partial charge on any atom is 0.0206 e. The van der Waals surface area contributed by atoms with Gasteiger partial charge in [-0.15, -0.1) is 23.1 Å². The van der Waals surface area contributed by atoms with Gasteiger partial charge >= 0.3 is 0 Å². The maximum atomic E-state index is 3.46. The third kappa shape index (κ3) is 4.43. The first-order valence-corrected chi connectivity index (χ1v) is 8.52. The largest absolute Gasteiger partial charge is 0.316 e. The number of likely N-dealkylation sites (N-methyl/N-ethyl adjacent to an activating group) is 1. The number of hydrogen-bond acceptors (Lipinski definition) is 3. The van der Waals surface area contributed by atoms with Gasteiger partial charge in [-0.1, -0.05) is 22.0 Å². The molecule has 0 fully saturated rings. The Hall–Kier alpha value is -0.290. The van der Waals surface area contributed by atoms with E-state index in [0.29, 0.717) is 6.04 Å². The fourth-order valence-corrected chi connectivity index (χ4v) is 3.70. The highest BCUT2D eigenvalue weighted by Crippen LogP contribution is 2.22. The summed E-state index contributed by atoms with van der Waals surface area (Å²) in [6.07, 6.45) is 1.11. The van der Waals surface area contributed by atoms with Crippen molar-refractivity contribution in [3.63, 3.8) is 0 Å². The number of thioether (sulfide) groups is 1. The Balaban J connectivity index is 1.85. The van der Waals surface area contributed by atoms with Crippen LogP contribution in [0.3, 0.4) is 0 Å². The lowest BCUT2D eigenvalue weighted by Crippen LogP contribution is -2.29. The Morgan fingerprint density at radius 1 is 1.28 bits per heavy atom. The second-order valence-corrected chi connectivity index (χ2v) is 7.08. The predicted molar refractivity (Wildman–Crippen MR) is 85.7 cm³/mol. The number of benzene rings is 1. The first kappa shape index (κ1) is 14.1. The number of thiophene rings is 1. The van der Waals surface area contributed by atoms with Crippen LogP contribution in [0, 0.1) is 0 Å². The average molecular weight is 342 g/mol. The van der Waals surface area contributed by atoms with Crippen molar-refractivity contribution in [3.8, 4) is 0 Å². The van der Waals surface area contributed by atoms with E-state index in [4.69, 9.17) is 0 Å². The molecule has 2 rings (SSSR count). The Morgan fingerprint density at radius 3 is 2.67 bits per heavy atom. The van der Waals surface area contributed by atoms with Crippen LogP contribution >= 0.6 is 39.0 Å². The van der Waals surface area contributed by atoms with E-state index in [1.54, 1.807) is 0 Å². The number of halogens is 1. The molecule has 0 aliphatic carbocycles.